The highest BCUT2D eigenvalue weighted by atomic mass is 16.5. The van der Waals surface area contributed by atoms with Gasteiger partial charge in [0.05, 0.1) is 25.0 Å². The van der Waals surface area contributed by atoms with Crippen molar-refractivity contribution in [3.63, 3.8) is 0 Å². The lowest BCUT2D eigenvalue weighted by Crippen LogP contribution is -2.27. The highest BCUT2D eigenvalue weighted by molar-refractivity contribution is 5.98. The number of amides is 1. The van der Waals surface area contributed by atoms with E-state index >= 15 is 0 Å². The number of methoxy groups -OCH3 is 1. The number of hydrogen-bond donors (Lipinski definition) is 2. The Labute approximate surface area is 175 Å². The summed E-state index contributed by atoms with van der Waals surface area (Å²) in [6.07, 6.45) is 0. The van der Waals surface area contributed by atoms with Gasteiger partial charge in [-0.15, -0.1) is 0 Å². The zero-order valence-corrected chi connectivity index (χ0v) is 16.9. The fraction of sp³-hybridized carbons (Fsp3) is 0.167. The maximum atomic E-state index is 13.2. The quantitative estimate of drug-likeness (QED) is 0.534. The lowest BCUT2D eigenvalue weighted by Gasteiger charge is -2.21. The predicted octanol–water partition coefficient (Wildman–Crippen LogP) is 4.66. The van der Waals surface area contributed by atoms with Crippen molar-refractivity contribution in [1.82, 2.24) is 0 Å². The van der Waals surface area contributed by atoms with E-state index in [-0.39, 0.29) is 5.91 Å². The third-order valence-electron chi connectivity index (χ3n) is 4.46. The number of ether oxygens (including phenoxy) is 2. The molecule has 3 aromatic carbocycles. The molecule has 30 heavy (non-hydrogen) atoms. The van der Waals surface area contributed by atoms with Gasteiger partial charge in [-0.2, -0.15) is 0 Å². The summed E-state index contributed by atoms with van der Waals surface area (Å²) < 4.78 is 10.3. The van der Waals surface area contributed by atoms with E-state index in [1.165, 1.54) is 7.11 Å². The fourth-order valence-corrected chi connectivity index (χ4v) is 2.99. The van der Waals surface area contributed by atoms with Crippen molar-refractivity contribution in [3.05, 3.63) is 90.0 Å². The summed E-state index contributed by atoms with van der Waals surface area (Å²) in [6, 6.07) is 22.9. The molecule has 0 aliphatic heterocycles. The highest BCUT2D eigenvalue weighted by Gasteiger charge is 2.22. The van der Waals surface area contributed by atoms with Crippen molar-refractivity contribution in [2.45, 2.75) is 13.0 Å². The molecule has 0 radical (unpaired) electrons. The number of rotatable bonds is 8. The molecule has 6 heteroatoms. The van der Waals surface area contributed by atoms with Gasteiger partial charge in [0.2, 0.25) is 0 Å². The van der Waals surface area contributed by atoms with Crippen LogP contribution in [0.15, 0.2) is 78.9 Å². The van der Waals surface area contributed by atoms with E-state index in [0.717, 1.165) is 5.56 Å². The predicted molar refractivity (Wildman–Crippen MR) is 117 cm³/mol. The van der Waals surface area contributed by atoms with Crippen molar-refractivity contribution < 1.29 is 19.1 Å². The topological polar surface area (TPSA) is 76.7 Å². The van der Waals surface area contributed by atoms with Crippen LogP contribution in [0.4, 0.5) is 11.4 Å². The van der Waals surface area contributed by atoms with Crippen molar-refractivity contribution >= 4 is 23.3 Å². The molecule has 0 unspecified atom stereocenters. The SMILES string of the molecule is CCOc1ccccc1NC(=O)[C@@H](Nc1ccc(C(=O)OC)cc1)c1ccccc1. The van der Waals surface area contributed by atoms with Crippen LogP contribution in [-0.4, -0.2) is 25.6 Å². The minimum absolute atomic E-state index is 0.231. The largest absolute Gasteiger partial charge is 0.492 e. The van der Waals surface area contributed by atoms with Crippen molar-refractivity contribution in [1.29, 1.82) is 0 Å². The number of carbonyl (C=O) groups excluding carboxylic acids is 2. The van der Waals surface area contributed by atoms with Crippen LogP contribution in [0.2, 0.25) is 0 Å². The fourth-order valence-electron chi connectivity index (χ4n) is 2.99. The van der Waals surface area contributed by atoms with Gasteiger partial charge in [-0.05, 0) is 48.9 Å². The van der Waals surface area contributed by atoms with E-state index in [9.17, 15) is 9.59 Å². The smallest absolute Gasteiger partial charge is 0.337 e. The zero-order valence-electron chi connectivity index (χ0n) is 16.9. The molecule has 0 heterocycles. The summed E-state index contributed by atoms with van der Waals surface area (Å²) in [4.78, 5) is 24.8. The second kappa shape index (κ2) is 10.1. The van der Waals surface area contributed by atoms with E-state index in [2.05, 4.69) is 10.6 Å². The Bertz CT molecular complexity index is 988. The first-order valence-corrected chi connectivity index (χ1v) is 9.65. The van der Waals surface area contributed by atoms with Gasteiger partial charge in [-0.25, -0.2) is 4.79 Å². The van der Waals surface area contributed by atoms with Gasteiger partial charge in [-0.1, -0.05) is 42.5 Å². The summed E-state index contributed by atoms with van der Waals surface area (Å²) in [7, 11) is 1.34. The monoisotopic (exact) mass is 404 g/mol. The van der Waals surface area contributed by atoms with Gasteiger partial charge in [0.15, 0.2) is 0 Å². The molecule has 3 aromatic rings. The second-order valence-electron chi connectivity index (χ2n) is 6.48. The van der Waals surface area contributed by atoms with Crippen LogP contribution >= 0.6 is 0 Å². The molecule has 2 N–H and O–H groups in total. The zero-order chi connectivity index (χ0) is 21.3. The first kappa shape index (κ1) is 20.9. The summed E-state index contributed by atoms with van der Waals surface area (Å²) in [5, 5.41) is 6.20. The molecule has 0 aliphatic carbocycles. The standard InChI is InChI=1S/C24H24N2O4/c1-3-30-21-12-8-7-11-20(21)26-23(27)22(17-9-5-4-6-10-17)25-19-15-13-18(14-16-19)24(28)29-2/h4-16,22,25H,3H2,1-2H3,(H,26,27)/t22-/m0/s1. The first-order chi connectivity index (χ1) is 14.6. The third kappa shape index (κ3) is 5.17. The van der Waals surface area contributed by atoms with Crippen molar-refractivity contribution in [2.24, 2.45) is 0 Å². The number of para-hydroxylation sites is 2. The van der Waals surface area contributed by atoms with Gasteiger partial charge in [0.25, 0.3) is 5.91 Å². The minimum Gasteiger partial charge on any atom is -0.492 e. The molecular weight excluding hydrogens is 380 g/mol. The Balaban J connectivity index is 1.85. The Kier molecular flexibility index (Phi) is 7.05. The third-order valence-corrected chi connectivity index (χ3v) is 4.46. The molecule has 0 bridgehead atoms. The van der Waals surface area contributed by atoms with Crippen LogP contribution in [-0.2, 0) is 9.53 Å². The Hall–Kier alpha value is -3.80. The van der Waals surface area contributed by atoms with Crippen LogP contribution in [0, 0.1) is 0 Å². The summed E-state index contributed by atoms with van der Waals surface area (Å²) in [6.45, 7) is 2.39. The van der Waals surface area contributed by atoms with E-state index in [4.69, 9.17) is 9.47 Å². The van der Waals surface area contributed by atoms with Crippen LogP contribution < -0.4 is 15.4 Å². The Morgan fingerprint density at radius 1 is 0.900 bits per heavy atom. The molecule has 0 aromatic heterocycles. The van der Waals surface area contributed by atoms with Crippen LogP contribution in [0.3, 0.4) is 0 Å². The summed E-state index contributed by atoms with van der Waals surface area (Å²) in [5.41, 5.74) is 2.55. The normalized spacial score (nSPS) is 11.3. The molecule has 1 atom stereocenters. The molecule has 1 amide bonds. The number of carbonyl (C=O) groups is 2. The van der Waals surface area contributed by atoms with Crippen LogP contribution in [0.5, 0.6) is 5.75 Å². The maximum Gasteiger partial charge on any atom is 0.337 e. The van der Waals surface area contributed by atoms with Crippen LogP contribution in [0.25, 0.3) is 0 Å². The number of anilines is 2. The molecule has 0 saturated carbocycles. The average molecular weight is 404 g/mol. The maximum absolute atomic E-state index is 13.2. The number of hydrogen-bond acceptors (Lipinski definition) is 5. The van der Waals surface area contributed by atoms with E-state index in [1.54, 1.807) is 30.3 Å². The minimum atomic E-state index is -0.648. The molecule has 6 nitrogen and oxygen atoms in total. The highest BCUT2D eigenvalue weighted by Crippen LogP contribution is 2.27. The molecule has 0 aliphatic rings. The molecule has 3 rings (SSSR count). The average Bonchev–Trinajstić information content (AvgIpc) is 2.79. The van der Waals surface area contributed by atoms with Gasteiger partial charge in [0.1, 0.15) is 11.8 Å². The first-order valence-electron chi connectivity index (χ1n) is 9.65. The van der Waals surface area contributed by atoms with E-state index < -0.39 is 12.0 Å². The van der Waals surface area contributed by atoms with Crippen molar-refractivity contribution in [3.8, 4) is 5.75 Å². The van der Waals surface area contributed by atoms with Gasteiger partial charge >= 0.3 is 5.97 Å². The number of nitrogens with one attached hydrogen (secondary N) is 2. The second-order valence-corrected chi connectivity index (χ2v) is 6.48. The number of benzene rings is 3. The lowest BCUT2D eigenvalue weighted by atomic mass is 10.1. The Morgan fingerprint density at radius 2 is 1.57 bits per heavy atom. The van der Waals surface area contributed by atoms with Crippen LogP contribution in [0.1, 0.15) is 28.9 Å². The number of esters is 1. The molecule has 0 spiro atoms. The summed E-state index contributed by atoms with van der Waals surface area (Å²) >= 11 is 0. The molecule has 154 valence electrons. The van der Waals surface area contributed by atoms with Gasteiger partial charge in [-0.3, -0.25) is 4.79 Å². The van der Waals surface area contributed by atoms with Gasteiger partial charge in [0, 0.05) is 5.69 Å². The molecular formula is C24H24N2O4. The molecule has 0 saturated heterocycles. The van der Waals surface area contributed by atoms with Crippen molar-refractivity contribution in [2.75, 3.05) is 24.4 Å². The Morgan fingerprint density at radius 3 is 2.23 bits per heavy atom. The molecule has 0 fully saturated rings. The van der Waals surface area contributed by atoms with E-state index in [0.29, 0.717) is 29.3 Å². The van der Waals surface area contributed by atoms with E-state index in [1.807, 2.05) is 55.5 Å². The van der Waals surface area contributed by atoms with Gasteiger partial charge < -0.3 is 20.1 Å². The lowest BCUT2D eigenvalue weighted by molar-refractivity contribution is -0.117. The summed E-state index contributed by atoms with van der Waals surface area (Å²) in [5.74, 6) is -0.0283.